The third kappa shape index (κ3) is 6.96. The molecule has 2 rings (SSSR count). The summed E-state index contributed by atoms with van der Waals surface area (Å²) in [7, 11) is 1.60. The molecule has 1 aromatic carbocycles. The molecule has 0 saturated heterocycles. The van der Waals surface area contributed by atoms with E-state index in [1.165, 1.54) is 12.8 Å². The molecular formula is C20H26N2O3S. The number of carbonyl (C=O) groups is 1. The zero-order chi connectivity index (χ0) is 18.6. The van der Waals surface area contributed by atoms with Gasteiger partial charge < -0.3 is 14.8 Å². The first-order valence-electron chi connectivity index (χ1n) is 8.80. The van der Waals surface area contributed by atoms with Crippen LogP contribution >= 0.6 is 11.8 Å². The van der Waals surface area contributed by atoms with E-state index in [-0.39, 0.29) is 5.91 Å². The van der Waals surface area contributed by atoms with Crippen molar-refractivity contribution < 1.29 is 14.3 Å². The van der Waals surface area contributed by atoms with Gasteiger partial charge in [-0.15, -0.1) is 0 Å². The second-order valence-electron chi connectivity index (χ2n) is 5.78. The average Bonchev–Trinajstić information content (AvgIpc) is 2.67. The third-order valence-corrected chi connectivity index (χ3v) is 4.75. The SMILES string of the molecule is CCCCSCCC(=O)Nc1ccc(OC)c(OCc2cccnc2)c1. The van der Waals surface area contributed by atoms with Crippen molar-refractivity contribution in [3.05, 3.63) is 48.3 Å². The summed E-state index contributed by atoms with van der Waals surface area (Å²) in [5.41, 5.74) is 1.67. The van der Waals surface area contributed by atoms with Crippen LogP contribution in [0.3, 0.4) is 0 Å². The summed E-state index contributed by atoms with van der Waals surface area (Å²) in [4.78, 5) is 16.2. The topological polar surface area (TPSA) is 60.5 Å². The summed E-state index contributed by atoms with van der Waals surface area (Å²) in [5, 5.41) is 2.92. The molecule has 0 atom stereocenters. The number of carbonyl (C=O) groups excluding carboxylic acids is 1. The summed E-state index contributed by atoms with van der Waals surface area (Å²) < 4.78 is 11.2. The molecule has 0 spiro atoms. The van der Waals surface area contributed by atoms with Crippen LogP contribution in [0.4, 0.5) is 5.69 Å². The van der Waals surface area contributed by atoms with Gasteiger partial charge >= 0.3 is 0 Å². The minimum absolute atomic E-state index is 0.0115. The van der Waals surface area contributed by atoms with E-state index in [1.54, 1.807) is 31.6 Å². The summed E-state index contributed by atoms with van der Waals surface area (Å²) in [6.07, 6.45) is 6.37. The number of nitrogens with one attached hydrogen (secondary N) is 1. The van der Waals surface area contributed by atoms with Gasteiger partial charge in [0.05, 0.1) is 7.11 Å². The van der Waals surface area contributed by atoms with E-state index >= 15 is 0 Å². The normalized spacial score (nSPS) is 10.4. The number of nitrogens with zero attached hydrogens (tertiary/aromatic N) is 1. The fraction of sp³-hybridized carbons (Fsp3) is 0.400. The van der Waals surface area contributed by atoms with E-state index < -0.39 is 0 Å². The first kappa shape index (κ1) is 20.1. The van der Waals surface area contributed by atoms with Crippen LogP contribution in [-0.2, 0) is 11.4 Å². The highest BCUT2D eigenvalue weighted by molar-refractivity contribution is 7.99. The molecule has 0 bridgehead atoms. The van der Waals surface area contributed by atoms with Gasteiger partial charge in [-0.05, 0) is 30.4 Å². The minimum Gasteiger partial charge on any atom is -0.493 e. The number of benzene rings is 1. The Bertz CT molecular complexity index is 680. The van der Waals surface area contributed by atoms with Crippen molar-refractivity contribution in [2.45, 2.75) is 32.8 Å². The van der Waals surface area contributed by atoms with Crippen LogP contribution < -0.4 is 14.8 Å². The largest absolute Gasteiger partial charge is 0.493 e. The van der Waals surface area contributed by atoms with E-state index in [1.807, 2.05) is 30.0 Å². The lowest BCUT2D eigenvalue weighted by atomic mass is 10.2. The van der Waals surface area contributed by atoms with E-state index in [9.17, 15) is 4.79 Å². The number of methoxy groups -OCH3 is 1. The second kappa shape index (κ2) is 11.4. The van der Waals surface area contributed by atoms with Gasteiger partial charge in [-0.1, -0.05) is 19.4 Å². The Kier molecular flexibility index (Phi) is 8.83. The number of aromatic nitrogens is 1. The van der Waals surface area contributed by atoms with E-state index in [4.69, 9.17) is 9.47 Å². The minimum atomic E-state index is 0.0115. The van der Waals surface area contributed by atoms with Gasteiger partial charge in [-0.3, -0.25) is 9.78 Å². The van der Waals surface area contributed by atoms with Crippen LogP contribution in [0.2, 0.25) is 0 Å². The molecule has 0 radical (unpaired) electrons. The summed E-state index contributed by atoms with van der Waals surface area (Å²) in [5.74, 6) is 3.18. The lowest BCUT2D eigenvalue weighted by Crippen LogP contribution is -2.12. The van der Waals surface area contributed by atoms with Crippen LogP contribution in [0.15, 0.2) is 42.7 Å². The van der Waals surface area contributed by atoms with E-state index in [0.717, 1.165) is 17.1 Å². The molecule has 6 heteroatoms. The van der Waals surface area contributed by atoms with Gasteiger partial charge in [0, 0.05) is 41.9 Å². The molecule has 140 valence electrons. The van der Waals surface area contributed by atoms with Crippen LogP contribution in [0.25, 0.3) is 0 Å². The number of pyridine rings is 1. The second-order valence-corrected chi connectivity index (χ2v) is 7.00. The molecule has 0 fully saturated rings. The van der Waals surface area contributed by atoms with Gasteiger partial charge in [0.1, 0.15) is 6.61 Å². The molecule has 0 aliphatic carbocycles. The van der Waals surface area contributed by atoms with Gasteiger partial charge in [-0.25, -0.2) is 0 Å². The van der Waals surface area contributed by atoms with E-state index in [0.29, 0.717) is 30.2 Å². The first-order chi connectivity index (χ1) is 12.7. The Morgan fingerprint density at radius 3 is 2.85 bits per heavy atom. The molecule has 0 unspecified atom stereocenters. The standard InChI is InChI=1S/C20H26N2O3S/c1-3-4-11-26-12-9-20(23)22-17-7-8-18(24-2)19(13-17)25-15-16-6-5-10-21-14-16/h5-8,10,13-14H,3-4,9,11-12,15H2,1-2H3,(H,22,23). The maximum absolute atomic E-state index is 12.1. The Labute approximate surface area is 159 Å². The van der Waals surface area contributed by atoms with Gasteiger partial charge in [0.15, 0.2) is 11.5 Å². The van der Waals surface area contributed by atoms with E-state index in [2.05, 4.69) is 17.2 Å². The Balaban J connectivity index is 1.90. The van der Waals surface area contributed by atoms with Crippen LogP contribution in [0.1, 0.15) is 31.7 Å². The number of thioether (sulfide) groups is 1. The van der Waals surface area contributed by atoms with Crippen molar-refractivity contribution in [3.63, 3.8) is 0 Å². The number of rotatable bonds is 11. The Hall–Kier alpha value is -2.21. The summed E-state index contributed by atoms with van der Waals surface area (Å²) in [6, 6.07) is 9.21. The maximum Gasteiger partial charge on any atom is 0.225 e. The monoisotopic (exact) mass is 374 g/mol. The van der Waals surface area contributed by atoms with Crippen LogP contribution in [0.5, 0.6) is 11.5 Å². The predicted octanol–water partition coefficient (Wildman–Crippen LogP) is 4.53. The highest BCUT2D eigenvalue weighted by Crippen LogP contribution is 2.31. The molecule has 1 aromatic heterocycles. The van der Waals surface area contributed by atoms with Crippen molar-refractivity contribution in [2.24, 2.45) is 0 Å². The highest BCUT2D eigenvalue weighted by atomic mass is 32.2. The molecule has 1 heterocycles. The van der Waals surface area contributed by atoms with Crippen molar-refractivity contribution in [1.29, 1.82) is 0 Å². The lowest BCUT2D eigenvalue weighted by Gasteiger charge is -2.13. The molecule has 5 nitrogen and oxygen atoms in total. The predicted molar refractivity (Wildman–Crippen MR) is 107 cm³/mol. The van der Waals surface area contributed by atoms with Crippen molar-refractivity contribution >= 4 is 23.4 Å². The van der Waals surface area contributed by atoms with Crippen LogP contribution in [-0.4, -0.2) is 29.5 Å². The number of hydrogen-bond donors (Lipinski definition) is 1. The van der Waals surface area contributed by atoms with Gasteiger partial charge in [-0.2, -0.15) is 11.8 Å². The third-order valence-electron chi connectivity index (χ3n) is 3.68. The average molecular weight is 375 g/mol. The molecule has 0 saturated carbocycles. The van der Waals surface area contributed by atoms with Crippen molar-refractivity contribution in [3.8, 4) is 11.5 Å². The number of anilines is 1. The molecule has 1 amide bonds. The molecule has 1 N–H and O–H groups in total. The zero-order valence-electron chi connectivity index (χ0n) is 15.4. The molecule has 0 aliphatic heterocycles. The fourth-order valence-corrected chi connectivity index (χ4v) is 3.28. The fourth-order valence-electron chi connectivity index (χ4n) is 2.25. The number of ether oxygens (including phenoxy) is 2. The Morgan fingerprint density at radius 2 is 2.12 bits per heavy atom. The quantitative estimate of drug-likeness (QED) is 0.586. The Morgan fingerprint density at radius 1 is 1.23 bits per heavy atom. The smallest absolute Gasteiger partial charge is 0.225 e. The summed E-state index contributed by atoms with van der Waals surface area (Å²) in [6.45, 7) is 2.56. The lowest BCUT2D eigenvalue weighted by molar-refractivity contribution is -0.115. The number of amides is 1. The van der Waals surface area contributed by atoms with Gasteiger partial charge in [0.2, 0.25) is 5.91 Å². The molecular weight excluding hydrogens is 348 g/mol. The van der Waals surface area contributed by atoms with Gasteiger partial charge in [0.25, 0.3) is 0 Å². The molecule has 2 aromatic rings. The molecule has 26 heavy (non-hydrogen) atoms. The zero-order valence-corrected chi connectivity index (χ0v) is 16.2. The van der Waals surface area contributed by atoms with Crippen molar-refractivity contribution in [1.82, 2.24) is 4.98 Å². The maximum atomic E-state index is 12.1. The highest BCUT2D eigenvalue weighted by Gasteiger charge is 2.09. The van der Waals surface area contributed by atoms with Crippen molar-refractivity contribution in [2.75, 3.05) is 23.9 Å². The number of hydrogen-bond acceptors (Lipinski definition) is 5. The van der Waals surface area contributed by atoms with Crippen LogP contribution in [0, 0.1) is 0 Å². The molecule has 0 aliphatic rings. The number of unbranched alkanes of at least 4 members (excludes halogenated alkanes) is 1. The first-order valence-corrected chi connectivity index (χ1v) is 9.95. The summed E-state index contributed by atoms with van der Waals surface area (Å²) >= 11 is 1.82.